The van der Waals surface area contributed by atoms with Crippen molar-refractivity contribution in [3.8, 4) is 11.8 Å². The third kappa shape index (κ3) is 12.4. The summed E-state index contributed by atoms with van der Waals surface area (Å²) in [7, 11) is 0. The first-order valence-corrected chi connectivity index (χ1v) is 15.8. The molecule has 2 aromatic carbocycles. The van der Waals surface area contributed by atoms with Crippen LogP contribution in [0.5, 0.6) is 5.75 Å². The van der Waals surface area contributed by atoms with E-state index in [1.54, 1.807) is 0 Å². The van der Waals surface area contributed by atoms with Crippen LogP contribution in [-0.2, 0) is 17.6 Å². The van der Waals surface area contributed by atoms with Crippen LogP contribution in [-0.4, -0.2) is 24.0 Å². The van der Waals surface area contributed by atoms with Gasteiger partial charge in [-0.15, -0.1) is 0 Å². The molecule has 0 radical (unpaired) electrons. The first-order chi connectivity index (χ1) is 20.1. The van der Waals surface area contributed by atoms with Gasteiger partial charge in [0, 0.05) is 0 Å². The van der Waals surface area contributed by atoms with E-state index in [1.165, 1.54) is 48.8 Å². The molecule has 2 aromatic rings. The van der Waals surface area contributed by atoms with Gasteiger partial charge in [0.25, 0.3) is 0 Å². The van der Waals surface area contributed by atoms with E-state index in [0.29, 0.717) is 30.4 Å². The zero-order valence-corrected chi connectivity index (χ0v) is 25.3. The SMILES string of the molecule is CCOC(=[OH+])CCCCC(CCc1ccc(C#N)cc1)C(C)Cc1ccccc1OCCCCCC1=CCCC=C1. The van der Waals surface area contributed by atoms with Gasteiger partial charge >= 0.3 is 5.97 Å². The van der Waals surface area contributed by atoms with Gasteiger partial charge in [0.2, 0.25) is 0 Å². The van der Waals surface area contributed by atoms with Crippen molar-refractivity contribution in [2.24, 2.45) is 11.8 Å². The summed E-state index contributed by atoms with van der Waals surface area (Å²) in [5.41, 5.74) is 4.78. The molecule has 0 saturated heterocycles. The molecule has 0 heterocycles. The van der Waals surface area contributed by atoms with Crippen molar-refractivity contribution in [3.05, 3.63) is 89.0 Å². The molecule has 4 nitrogen and oxygen atoms in total. The molecule has 1 N–H and O–H groups in total. The standard InChI is InChI=1S/C37H49NO3/c1-3-40-37(39)20-12-10-17-34(26-25-32-21-23-33(29-38)24-22-32)30(2)28-35-18-9-11-19-36(35)41-27-13-5-8-16-31-14-6-4-7-15-31/h6,9,11,14-15,18-19,21-24,30,34H,3-5,7-8,10,12-13,16-17,20,25-28H2,1-2H3/p+1. The third-order valence-electron chi connectivity index (χ3n) is 8.17. The van der Waals surface area contributed by atoms with E-state index < -0.39 is 0 Å². The average Bonchev–Trinajstić information content (AvgIpc) is 3.00. The first-order valence-electron chi connectivity index (χ1n) is 15.8. The lowest BCUT2D eigenvalue weighted by atomic mass is 9.81. The quantitative estimate of drug-likeness (QED) is 0.0984. The summed E-state index contributed by atoms with van der Waals surface area (Å²) in [6.45, 7) is 5.54. The Hall–Kier alpha value is -3.32. The monoisotopic (exact) mass is 556 g/mol. The fourth-order valence-corrected chi connectivity index (χ4v) is 5.70. The van der Waals surface area contributed by atoms with Gasteiger partial charge in [-0.05, 0) is 112 Å². The van der Waals surface area contributed by atoms with Crippen molar-refractivity contribution in [3.63, 3.8) is 0 Å². The highest BCUT2D eigenvalue weighted by molar-refractivity contribution is 5.70. The molecule has 1 aliphatic carbocycles. The fourth-order valence-electron chi connectivity index (χ4n) is 5.70. The van der Waals surface area contributed by atoms with Gasteiger partial charge in [0.05, 0.1) is 18.2 Å². The molecule has 41 heavy (non-hydrogen) atoms. The van der Waals surface area contributed by atoms with E-state index in [-0.39, 0.29) is 5.97 Å². The van der Waals surface area contributed by atoms with E-state index in [4.69, 9.17) is 14.7 Å². The summed E-state index contributed by atoms with van der Waals surface area (Å²) < 4.78 is 11.5. The molecule has 4 heteroatoms. The van der Waals surface area contributed by atoms with Crippen LogP contribution in [0.4, 0.5) is 0 Å². The topological polar surface area (TPSA) is 63.7 Å². The fraction of sp³-hybridized carbons (Fsp3) is 0.514. The second-order valence-electron chi connectivity index (χ2n) is 11.4. The van der Waals surface area contributed by atoms with Gasteiger partial charge in [-0.25, -0.2) is 0 Å². The van der Waals surface area contributed by atoms with E-state index in [2.05, 4.69) is 67.6 Å². The highest BCUT2D eigenvalue weighted by atomic mass is 16.5. The molecule has 0 bridgehead atoms. The van der Waals surface area contributed by atoms with Crippen LogP contribution in [0, 0.1) is 23.2 Å². The second kappa shape index (κ2) is 18.9. The van der Waals surface area contributed by atoms with Crippen molar-refractivity contribution in [2.75, 3.05) is 13.2 Å². The van der Waals surface area contributed by atoms with Gasteiger partial charge in [0.1, 0.15) is 12.2 Å². The van der Waals surface area contributed by atoms with Crippen LogP contribution in [0.2, 0.25) is 0 Å². The molecule has 0 aliphatic heterocycles. The number of esters is 1. The number of hydrogen-bond donors (Lipinski definition) is 0. The van der Waals surface area contributed by atoms with Crippen molar-refractivity contribution in [1.29, 1.82) is 5.26 Å². The summed E-state index contributed by atoms with van der Waals surface area (Å²) in [5.74, 6) is 2.23. The van der Waals surface area contributed by atoms with Crippen LogP contribution >= 0.6 is 0 Å². The Balaban J connectivity index is 1.51. The van der Waals surface area contributed by atoms with Gasteiger partial charge in [-0.1, -0.05) is 73.9 Å². The molecule has 1 aliphatic rings. The number of aryl methyl sites for hydroxylation is 1. The molecule has 0 spiro atoms. The lowest BCUT2D eigenvalue weighted by molar-refractivity contribution is 0.272. The molecule has 2 unspecified atom stereocenters. The van der Waals surface area contributed by atoms with Crippen molar-refractivity contribution >= 4 is 5.97 Å². The van der Waals surface area contributed by atoms with Crippen molar-refractivity contribution in [1.82, 2.24) is 0 Å². The first kappa shape index (κ1) is 32.2. The highest BCUT2D eigenvalue weighted by Crippen LogP contribution is 2.31. The normalized spacial score (nSPS) is 14.1. The third-order valence-corrected chi connectivity index (χ3v) is 8.17. The minimum atomic E-state index is 0.156. The molecule has 0 aromatic heterocycles. The number of hydrogen-bond acceptors (Lipinski definition) is 3. The molecular formula is C37H50NO3+. The molecule has 2 atom stereocenters. The smallest absolute Gasteiger partial charge is 0.482 e. The Bertz CT molecular complexity index is 1140. The highest BCUT2D eigenvalue weighted by Gasteiger charge is 2.20. The summed E-state index contributed by atoms with van der Waals surface area (Å²) in [6, 6.07) is 18.8. The number of nitriles is 1. The van der Waals surface area contributed by atoms with Crippen molar-refractivity contribution in [2.45, 2.75) is 97.3 Å². The van der Waals surface area contributed by atoms with Crippen LogP contribution in [0.3, 0.4) is 0 Å². The van der Waals surface area contributed by atoms with Crippen LogP contribution < -0.4 is 4.74 Å². The zero-order chi connectivity index (χ0) is 29.1. The Morgan fingerprint density at radius 1 is 0.951 bits per heavy atom. The zero-order valence-electron chi connectivity index (χ0n) is 25.3. The van der Waals surface area contributed by atoms with Crippen LogP contribution in [0.25, 0.3) is 0 Å². The Labute approximate surface area is 248 Å². The maximum absolute atomic E-state index is 9.87. The lowest BCUT2D eigenvalue weighted by Crippen LogP contribution is -2.16. The minimum absolute atomic E-state index is 0.156. The van der Waals surface area contributed by atoms with Gasteiger partial charge in [0.15, 0.2) is 6.61 Å². The number of carbonyl (C=O) groups excluding carboxylic acids is 1. The van der Waals surface area contributed by atoms with E-state index in [1.807, 2.05) is 19.1 Å². The predicted octanol–water partition coefficient (Wildman–Crippen LogP) is 9.30. The molecule has 0 fully saturated rings. The number of unbranched alkanes of at least 4 members (excludes halogenated alkanes) is 3. The molecule has 0 amide bonds. The van der Waals surface area contributed by atoms with Gasteiger partial charge in [-0.2, -0.15) is 5.26 Å². The lowest BCUT2D eigenvalue weighted by Gasteiger charge is -2.25. The van der Waals surface area contributed by atoms with E-state index in [9.17, 15) is 4.79 Å². The number of nitrogens with zero attached hydrogens (tertiary/aromatic N) is 1. The number of para-hydroxylation sites is 1. The second-order valence-corrected chi connectivity index (χ2v) is 11.4. The molecule has 0 saturated carbocycles. The largest absolute Gasteiger partial charge is 0.493 e. The van der Waals surface area contributed by atoms with Crippen LogP contribution in [0.15, 0.2) is 72.3 Å². The van der Waals surface area contributed by atoms with Crippen molar-refractivity contribution < 1.29 is 14.3 Å². The maximum Gasteiger partial charge on any atom is 0.482 e. The van der Waals surface area contributed by atoms with Gasteiger partial charge < -0.3 is 14.3 Å². The number of ether oxygens (including phenoxy) is 2. The summed E-state index contributed by atoms with van der Waals surface area (Å²) in [5, 5.41) is 9.12. The Morgan fingerprint density at radius 3 is 2.54 bits per heavy atom. The Kier molecular flexibility index (Phi) is 14.9. The van der Waals surface area contributed by atoms with Gasteiger partial charge in [-0.3, -0.25) is 0 Å². The summed E-state index contributed by atoms with van der Waals surface area (Å²) in [4.78, 5) is 9.87. The average molecular weight is 557 g/mol. The van der Waals surface area contributed by atoms with E-state index in [0.717, 1.165) is 57.3 Å². The predicted molar refractivity (Wildman–Crippen MR) is 170 cm³/mol. The number of allylic oxidation sites excluding steroid dienone is 4. The Morgan fingerprint density at radius 2 is 1.78 bits per heavy atom. The molecule has 220 valence electrons. The van der Waals surface area contributed by atoms with Crippen LogP contribution in [0.1, 0.15) is 101 Å². The molecule has 3 rings (SSSR count). The van der Waals surface area contributed by atoms with E-state index >= 15 is 0 Å². The minimum Gasteiger partial charge on any atom is -0.493 e. The number of benzene rings is 2. The summed E-state index contributed by atoms with van der Waals surface area (Å²) in [6.07, 6.45) is 20.8. The molecular weight excluding hydrogens is 506 g/mol. The number of rotatable bonds is 19. The summed E-state index contributed by atoms with van der Waals surface area (Å²) >= 11 is 0. The maximum atomic E-state index is 9.87.